The first-order chi connectivity index (χ1) is 14.7. The zero-order chi connectivity index (χ0) is 22.6. The van der Waals surface area contributed by atoms with E-state index in [9.17, 15) is 9.59 Å². The van der Waals surface area contributed by atoms with E-state index >= 15 is 0 Å². The number of rotatable bonds is 6. The van der Waals surface area contributed by atoms with Crippen LogP contribution in [0.1, 0.15) is 61.9 Å². The van der Waals surface area contributed by atoms with Crippen LogP contribution in [-0.2, 0) is 4.74 Å². The molecule has 8 heteroatoms. The number of hydrogen-bond donors (Lipinski definition) is 1. The lowest BCUT2D eigenvalue weighted by atomic mass is 10.0. The van der Waals surface area contributed by atoms with Gasteiger partial charge in [0.05, 0.1) is 12.3 Å². The Labute approximate surface area is 184 Å². The monoisotopic (exact) mass is 430 g/mol. The van der Waals surface area contributed by atoms with Gasteiger partial charge in [0.1, 0.15) is 17.1 Å². The average molecular weight is 431 g/mol. The molecular formula is C23H34N4O4. The highest BCUT2D eigenvalue weighted by molar-refractivity contribution is 5.92. The summed E-state index contributed by atoms with van der Waals surface area (Å²) in [4.78, 5) is 29.0. The summed E-state index contributed by atoms with van der Waals surface area (Å²) >= 11 is 0. The number of amides is 2. The third-order valence-electron chi connectivity index (χ3n) is 5.47. The molecule has 1 unspecified atom stereocenters. The minimum Gasteiger partial charge on any atom is -0.468 e. The summed E-state index contributed by atoms with van der Waals surface area (Å²) in [6.07, 6.45) is 4.87. The van der Waals surface area contributed by atoms with E-state index in [1.165, 1.54) is 0 Å². The van der Waals surface area contributed by atoms with Gasteiger partial charge >= 0.3 is 6.09 Å². The van der Waals surface area contributed by atoms with Gasteiger partial charge in [0.25, 0.3) is 5.91 Å². The van der Waals surface area contributed by atoms with Crippen molar-refractivity contribution in [1.82, 2.24) is 19.7 Å². The zero-order valence-corrected chi connectivity index (χ0v) is 19.1. The van der Waals surface area contributed by atoms with Crippen molar-refractivity contribution in [2.24, 2.45) is 0 Å². The van der Waals surface area contributed by atoms with Crippen molar-refractivity contribution in [3.05, 3.63) is 48.2 Å². The highest BCUT2D eigenvalue weighted by Crippen LogP contribution is 2.26. The Morgan fingerprint density at radius 2 is 1.94 bits per heavy atom. The predicted molar refractivity (Wildman–Crippen MR) is 118 cm³/mol. The fraction of sp³-hybridized carbons (Fsp3) is 0.565. The molecule has 0 saturated carbocycles. The van der Waals surface area contributed by atoms with E-state index in [1.54, 1.807) is 11.2 Å². The Balaban J connectivity index is 1.58. The van der Waals surface area contributed by atoms with Crippen molar-refractivity contribution in [2.75, 3.05) is 33.7 Å². The maximum Gasteiger partial charge on any atom is 0.410 e. The number of likely N-dealkylation sites (N-methyl/N-ethyl adjacent to an activating group) is 1. The molecule has 1 aliphatic heterocycles. The van der Waals surface area contributed by atoms with Gasteiger partial charge in [-0.25, -0.2) is 4.79 Å². The number of hydrogen-bond acceptors (Lipinski definition) is 5. The summed E-state index contributed by atoms with van der Waals surface area (Å²) in [5.74, 6) is 0.702. The molecule has 2 aromatic rings. The molecule has 31 heavy (non-hydrogen) atoms. The molecule has 1 atom stereocenters. The van der Waals surface area contributed by atoms with E-state index in [1.807, 2.05) is 74.8 Å². The van der Waals surface area contributed by atoms with Crippen LogP contribution < -0.4 is 5.32 Å². The number of carbonyl (C=O) groups excluding carboxylic acids is 2. The molecule has 2 aromatic heterocycles. The topological polar surface area (TPSA) is 80.0 Å². The lowest BCUT2D eigenvalue weighted by molar-refractivity contribution is 0.0187. The second kappa shape index (κ2) is 9.60. The minimum absolute atomic E-state index is 0.0422. The first-order valence-electron chi connectivity index (χ1n) is 10.8. The lowest BCUT2D eigenvalue weighted by Crippen LogP contribution is -2.42. The van der Waals surface area contributed by atoms with Gasteiger partial charge in [-0.05, 0) is 72.0 Å². The van der Waals surface area contributed by atoms with Gasteiger partial charge in [-0.2, -0.15) is 0 Å². The number of piperidine rings is 1. The van der Waals surface area contributed by atoms with Crippen LogP contribution in [0.2, 0.25) is 0 Å². The Bertz CT molecular complexity index is 859. The van der Waals surface area contributed by atoms with Crippen molar-refractivity contribution in [3.63, 3.8) is 0 Å². The first-order valence-corrected chi connectivity index (χ1v) is 10.8. The molecule has 3 rings (SSSR count). The smallest absolute Gasteiger partial charge is 0.410 e. The number of carbonyl (C=O) groups is 2. The summed E-state index contributed by atoms with van der Waals surface area (Å²) in [6.45, 7) is 7.28. The molecule has 170 valence electrons. The molecular weight excluding hydrogens is 396 g/mol. The van der Waals surface area contributed by atoms with E-state index in [-0.39, 0.29) is 24.1 Å². The third kappa shape index (κ3) is 5.91. The molecule has 0 aliphatic carbocycles. The van der Waals surface area contributed by atoms with Crippen LogP contribution in [0.15, 0.2) is 41.1 Å². The van der Waals surface area contributed by atoms with Crippen molar-refractivity contribution in [1.29, 1.82) is 0 Å². The molecule has 2 amide bonds. The average Bonchev–Trinajstić information content (AvgIpc) is 3.39. The van der Waals surface area contributed by atoms with Crippen LogP contribution in [-0.4, -0.2) is 65.7 Å². The fourth-order valence-electron chi connectivity index (χ4n) is 3.86. The Morgan fingerprint density at radius 1 is 1.23 bits per heavy atom. The van der Waals surface area contributed by atoms with E-state index in [2.05, 4.69) is 5.32 Å². The van der Waals surface area contributed by atoms with Gasteiger partial charge in [-0.1, -0.05) is 0 Å². The summed E-state index contributed by atoms with van der Waals surface area (Å²) < 4.78 is 13.0. The van der Waals surface area contributed by atoms with Gasteiger partial charge in [0.2, 0.25) is 0 Å². The van der Waals surface area contributed by atoms with Crippen LogP contribution in [0.25, 0.3) is 0 Å². The maximum absolute atomic E-state index is 12.9. The van der Waals surface area contributed by atoms with Crippen molar-refractivity contribution in [2.45, 2.75) is 51.3 Å². The third-order valence-corrected chi connectivity index (χ3v) is 5.47. The molecule has 1 aliphatic rings. The SMILES string of the molecule is CN(C)C(CNC(=O)c1cccn1C1CCN(C(=O)OC(C)(C)C)CC1)c1ccco1. The van der Waals surface area contributed by atoms with Gasteiger partial charge < -0.3 is 23.9 Å². The largest absolute Gasteiger partial charge is 0.468 e. The molecule has 0 radical (unpaired) electrons. The zero-order valence-electron chi connectivity index (χ0n) is 19.1. The molecule has 0 aromatic carbocycles. The molecule has 1 N–H and O–H groups in total. The summed E-state index contributed by atoms with van der Waals surface area (Å²) in [6, 6.07) is 7.63. The molecule has 1 saturated heterocycles. The first kappa shape index (κ1) is 22.9. The number of nitrogens with zero attached hydrogens (tertiary/aromatic N) is 3. The van der Waals surface area contributed by atoms with Crippen molar-refractivity contribution in [3.8, 4) is 0 Å². The number of nitrogens with one attached hydrogen (secondary N) is 1. The van der Waals surface area contributed by atoms with Gasteiger partial charge in [-0.15, -0.1) is 0 Å². The number of aromatic nitrogens is 1. The summed E-state index contributed by atoms with van der Waals surface area (Å²) in [5, 5.41) is 3.04. The van der Waals surface area contributed by atoms with Crippen LogP contribution in [0, 0.1) is 0 Å². The predicted octanol–water partition coefficient (Wildman–Crippen LogP) is 3.69. The molecule has 3 heterocycles. The highest BCUT2D eigenvalue weighted by atomic mass is 16.6. The van der Waals surface area contributed by atoms with E-state index < -0.39 is 5.60 Å². The van der Waals surface area contributed by atoms with Crippen LogP contribution >= 0.6 is 0 Å². The quantitative estimate of drug-likeness (QED) is 0.756. The Morgan fingerprint density at radius 3 is 2.52 bits per heavy atom. The van der Waals surface area contributed by atoms with Crippen LogP contribution in [0.4, 0.5) is 4.79 Å². The van der Waals surface area contributed by atoms with Crippen LogP contribution in [0.3, 0.4) is 0 Å². The number of furan rings is 1. The van der Waals surface area contributed by atoms with Crippen molar-refractivity contribution >= 4 is 12.0 Å². The van der Waals surface area contributed by atoms with Gasteiger partial charge in [-0.3, -0.25) is 9.69 Å². The summed E-state index contributed by atoms with van der Waals surface area (Å²) in [5.41, 5.74) is 0.132. The van der Waals surface area contributed by atoms with Crippen molar-refractivity contribution < 1.29 is 18.7 Å². The second-order valence-corrected chi connectivity index (χ2v) is 9.20. The molecule has 8 nitrogen and oxygen atoms in total. The molecule has 0 bridgehead atoms. The standard InChI is InChI=1S/C23H34N4O4/c1-23(2,3)31-22(29)26-13-10-17(11-14-26)27-12-6-8-18(27)21(28)24-16-19(25(4)5)20-9-7-15-30-20/h6-9,12,15,17,19H,10-11,13-14,16H2,1-5H3,(H,24,28). The van der Waals surface area contributed by atoms with E-state index in [4.69, 9.17) is 9.15 Å². The minimum atomic E-state index is -0.500. The van der Waals surface area contributed by atoms with Crippen LogP contribution in [0.5, 0.6) is 0 Å². The maximum atomic E-state index is 12.9. The van der Waals surface area contributed by atoms with E-state index in [0.717, 1.165) is 18.6 Å². The Kier molecular flexibility index (Phi) is 7.10. The van der Waals surface area contributed by atoms with Gasteiger partial charge in [0.15, 0.2) is 0 Å². The highest BCUT2D eigenvalue weighted by Gasteiger charge is 2.29. The fourth-order valence-corrected chi connectivity index (χ4v) is 3.86. The number of likely N-dealkylation sites (tertiary alicyclic amines) is 1. The second-order valence-electron chi connectivity index (χ2n) is 9.20. The molecule has 1 fully saturated rings. The summed E-state index contributed by atoms with van der Waals surface area (Å²) in [7, 11) is 3.92. The normalized spacial score (nSPS) is 16.4. The Hall–Kier alpha value is -2.74. The number of ether oxygens (including phenoxy) is 1. The molecule has 0 spiro atoms. The van der Waals surface area contributed by atoms with E-state index in [0.29, 0.717) is 25.3 Å². The van der Waals surface area contributed by atoms with Gasteiger partial charge in [0, 0.05) is 31.9 Å². The lowest BCUT2D eigenvalue weighted by Gasteiger charge is -2.34.